The Morgan fingerprint density at radius 1 is 1.50 bits per heavy atom. The van der Waals surface area contributed by atoms with Crippen molar-refractivity contribution in [1.82, 2.24) is 10.2 Å². The van der Waals surface area contributed by atoms with Crippen molar-refractivity contribution in [2.24, 2.45) is 5.92 Å². The van der Waals surface area contributed by atoms with Crippen molar-refractivity contribution in [2.45, 2.75) is 46.1 Å². The average molecular weight is 256 g/mol. The van der Waals surface area contributed by atoms with Gasteiger partial charge in [0.2, 0.25) is 5.91 Å². The van der Waals surface area contributed by atoms with Gasteiger partial charge in [0.25, 0.3) is 0 Å². The number of hydrogen-bond donors (Lipinski definition) is 1. The zero-order chi connectivity index (χ0) is 13.4. The van der Waals surface area contributed by atoms with Crippen LogP contribution < -0.4 is 5.32 Å². The molecule has 0 saturated carbocycles. The van der Waals surface area contributed by atoms with Crippen LogP contribution in [-0.2, 0) is 9.53 Å². The van der Waals surface area contributed by atoms with Gasteiger partial charge in [0, 0.05) is 38.1 Å². The zero-order valence-corrected chi connectivity index (χ0v) is 12.1. The molecule has 0 aromatic rings. The number of amides is 1. The monoisotopic (exact) mass is 256 g/mol. The number of rotatable bonds is 8. The molecule has 0 aliphatic carbocycles. The third kappa shape index (κ3) is 5.83. The molecule has 0 aromatic carbocycles. The first-order valence-corrected chi connectivity index (χ1v) is 7.22. The van der Waals surface area contributed by atoms with E-state index in [2.05, 4.69) is 26.1 Å². The van der Waals surface area contributed by atoms with Gasteiger partial charge < -0.3 is 15.0 Å². The third-order valence-electron chi connectivity index (χ3n) is 3.36. The Morgan fingerprint density at radius 3 is 2.83 bits per heavy atom. The molecule has 1 unspecified atom stereocenters. The maximum Gasteiger partial charge on any atom is 0.222 e. The number of carbonyl (C=O) groups excluding carboxylic acids is 1. The van der Waals surface area contributed by atoms with E-state index in [1.54, 1.807) is 0 Å². The molecule has 0 aromatic heterocycles. The molecule has 1 atom stereocenters. The van der Waals surface area contributed by atoms with Crippen molar-refractivity contribution in [2.75, 3.05) is 32.8 Å². The summed E-state index contributed by atoms with van der Waals surface area (Å²) in [5.41, 5.74) is 0. The van der Waals surface area contributed by atoms with Crippen LogP contribution in [0.2, 0.25) is 0 Å². The van der Waals surface area contributed by atoms with Crippen molar-refractivity contribution in [3.8, 4) is 0 Å². The number of nitrogens with zero attached hydrogens (tertiary/aromatic N) is 1. The first kappa shape index (κ1) is 15.4. The SMILES string of the molecule is CCN(CC1CCOC1)C(=O)CCCNC(C)C. The molecular weight excluding hydrogens is 228 g/mol. The molecule has 4 nitrogen and oxygen atoms in total. The summed E-state index contributed by atoms with van der Waals surface area (Å²) in [6.45, 7) is 10.6. The molecular formula is C14H28N2O2. The molecule has 1 aliphatic rings. The third-order valence-corrected chi connectivity index (χ3v) is 3.36. The first-order chi connectivity index (χ1) is 8.63. The fourth-order valence-electron chi connectivity index (χ4n) is 2.23. The lowest BCUT2D eigenvalue weighted by Gasteiger charge is -2.24. The van der Waals surface area contributed by atoms with Crippen LogP contribution in [0, 0.1) is 5.92 Å². The topological polar surface area (TPSA) is 41.6 Å². The molecule has 106 valence electrons. The summed E-state index contributed by atoms with van der Waals surface area (Å²) >= 11 is 0. The largest absolute Gasteiger partial charge is 0.381 e. The van der Waals surface area contributed by atoms with E-state index in [1.807, 2.05) is 4.90 Å². The Bertz CT molecular complexity index is 238. The lowest BCUT2D eigenvalue weighted by atomic mass is 10.1. The van der Waals surface area contributed by atoms with Crippen LogP contribution in [0.25, 0.3) is 0 Å². The molecule has 0 bridgehead atoms. The van der Waals surface area contributed by atoms with Gasteiger partial charge in [0.05, 0.1) is 6.61 Å². The average Bonchev–Trinajstić information content (AvgIpc) is 2.84. The standard InChI is InChI=1S/C14H28N2O2/c1-4-16(10-13-7-9-18-11-13)14(17)6-5-8-15-12(2)3/h12-13,15H,4-11H2,1-3H3. The zero-order valence-electron chi connectivity index (χ0n) is 12.1. The Kier molecular flexibility index (Phi) is 7.28. The van der Waals surface area contributed by atoms with Gasteiger partial charge in [-0.15, -0.1) is 0 Å². The smallest absolute Gasteiger partial charge is 0.222 e. The quantitative estimate of drug-likeness (QED) is 0.671. The number of carbonyl (C=O) groups is 1. The van der Waals surface area contributed by atoms with Crippen LogP contribution in [0.1, 0.15) is 40.0 Å². The molecule has 18 heavy (non-hydrogen) atoms. The summed E-state index contributed by atoms with van der Waals surface area (Å²) < 4.78 is 5.36. The van der Waals surface area contributed by atoms with Crippen LogP contribution in [0.5, 0.6) is 0 Å². The summed E-state index contributed by atoms with van der Waals surface area (Å²) in [6.07, 6.45) is 2.68. The summed E-state index contributed by atoms with van der Waals surface area (Å²) in [7, 11) is 0. The maximum absolute atomic E-state index is 12.1. The molecule has 1 amide bonds. The van der Waals surface area contributed by atoms with Gasteiger partial charge in [0.1, 0.15) is 0 Å². The van der Waals surface area contributed by atoms with E-state index in [1.165, 1.54) is 0 Å². The van der Waals surface area contributed by atoms with E-state index in [0.717, 1.165) is 45.7 Å². The molecule has 0 radical (unpaired) electrons. The van der Waals surface area contributed by atoms with Crippen molar-refractivity contribution in [3.05, 3.63) is 0 Å². The van der Waals surface area contributed by atoms with Crippen molar-refractivity contribution in [3.63, 3.8) is 0 Å². The van der Waals surface area contributed by atoms with Crippen LogP contribution in [-0.4, -0.2) is 49.7 Å². The molecule has 1 aliphatic heterocycles. The molecule has 1 rings (SSSR count). The fourth-order valence-corrected chi connectivity index (χ4v) is 2.23. The van der Waals surface area contributed by atoms with Crippen molar-refractivity contribution >= 4 is 5.91 Å². The van der Waals surface area contributed by atoms with Crippen LogP contribution >= 0.6 is 0 Å². The van der Waals surface area contributed by atoms with Crippen LogP contribution in [0.15, 0.2) is 0 Å². The van der Waals surface area contributed by atoms with Gasteiger partial charge in [-0.2, -0.15) is 0 Å². The molecule has 0 spiro atoms. The highest BCUT2D eigenvalue weighted by Gasteiger charge is 2.21. The summed E-state index contributed by atoms with van der Waals surface area (Å²) in [4.78, 5) is 14.0. The fraction of sp³-hybridized carbons (Fsp3) is 0.929. The van der Waals surface area contributed by atoms with E-state index >= 15 is 0 Å². The maximum atomic E-state index is 12.1. The van der Waals surface area contributed by atoms with Gasteiger partial charge in [-0.3, -0.25) is 4.79 Å². The second-order valence-corrected chi connectivity index (χ2v) is 5.37. The van der Waals surface area contributed by atoms with E-state index in [0.29, 0.717) is 18.4 Å². The van der Waals surface area contributed by atoms with Gasteiger partial charge in [-0.1, -0.05) is 13.8 Å². The summed E-state index contributed by atoms with van der Waals surface area (Å²) in [5.74, 6) is 0.831. The highest BCUT2D eigenvalue weighted by Crippen LogP contribution is 2.14. The molecule has 1 saturated heterocycles. The van der Waals surface area contributed by atoms with E-state index in [-0.39, 0.29) is 5.91 Å². The molecule has 1 fully saturated rings. The van der Waals surface area contributed by atoms with E-state index in [9.17, 15) is 4.79 Å². The van der Waals surface area contributed by atoms with E-state index < -0.39 is 0 Å². The van der Waals surface area contributed by atoms with Crippen molar-refractivity contribution in [1.29, 1.82) is 0 Å². The van der Waals surface area contributed by atoms with Crippen LogP contribution in [0.4, 0.5) is 0 Å². The predicted molar refractivity (Wildman–Crippen MR) is 73.6 cm³/mol. The Balaban J connectivity index is 2.19. The van der Waals surface area contributed by atoms with E-state index in [4.69, 9.17) is 4.74 Å². The number of ether oxygens (including phenoxy) is 1. The Hall–Kier alpha value is -0.610. The Morgan fingerprint density at radius 2 is 2.28 bits per heavy atom. The second kappa shape index (κ2) is 8.48. The Labute approximate surface area is 111 Å². The van der Waals surface area contributed by atoms with Gasteiger partial charge >= 0.3 is 0 Å². The lowest BCUT2D eigenvalue weighted by Crippen LogP contribution is -2.36. The highest BCUT2D eigenvalue weighted by molar-refractivity contribution is 5.76. The first-order valence-electron chi connectivity index (χ1n) is 7.22. The molecule has 4 heteroatoms. The normalized spacial score (nSPS) is 19.4. The van der Waals surface area contributed by atoms with Gasteiger partial charge in [-0.05, 0) is 26.3 Å². The summed E-state index contributed by atoms with van der Waals surface area (Å²) in [6, 6.07) is 0.498. The number of nitrogens with one attached hydrogen (secondary N) is 1. The summed E-state index contributed by atoms with van der Waals surface area (Å²) in [5, 5.41) is 3.34. The minimum absolute atomic E-state index is 0.287. The van der Waals surface area contributed by atoms with Gasteiger partial charge in [0.15, 0.2) is 0 Å². The minimum Gasteiger partial charge on any atom is -0.381 e. The molecule has 1 N–H and O–H groups in total. The van der Waals surface area contributed by atoms with Crippen molar-refractivity contribution < 1.29 is 9.53 Å². The lowest BCUT2D eigenvalue weighted by molar-refractivity contribution is -0.131. The highest BCUT2D eigenvalue weighted by atomic mass is 16.5. The predicted octanol–water partition coefficient (Wildman–Crippen LogP) is 1.65. The second-order valence-electron chi connectivity index (χ2n) is 5.37. The minimum atomic E-state index is 0.287. The number of hydrogen-bond acceptors (Lipinski definition) is 3. The van der Waals surface area contributed by atoms with Gasteiger partial charge in [-0.25, -0.2) is 0 Å². The molecule has 1 heterocycles. The van der Waals surface area contributed by atoms with Crippen LogP contribution in [0.3, 0.4) is 0 Å².